The smallest absolute Gasteiger partial charge is 0.243 e. The summed E-state index contributed by atoms with van der Waals surface area (Å²) in [7, 11) is -3.45. The topological polar surface area (TPSA) is 75.7 Å². The van der Waals surface area contributed by atoms with Crippen LogP contribution in [0, 0.1) is 11.8 Å². The summed E-state index contributed by atoms with van der Waals surface area (Å²) in [4.78, 5) is 12.1. The second-order valence-electron chi connectivity index (χ2n) is 6.20. The maximum absolute atomic E-state index is 12.5. The Kier molecular flexibility index (Phi) is 4.70. The van der Waals surface area contributed by atoms with Crippen molar-refractivity contribution in [2.75, 3.05) is 26.3 Å². The summed E-state index contributed by atoms with van der Waals surface area (Å²) in [6, 6.07) is 6.71. The first-order valence-electron chi connectivity index (χ1n) is 7.93. The summed E-state index contributed by atoms with van der Waals surface area (Å²) in [6.45, 7) is 4.14. The zero-order chi connectivity index (χ0) is 16.4. The largest absolute Gasteiger partial charge is 0.379 e. The highest BCUT2D eigenvalue weighted by atomic mass is 32.2. The van der Waals surface area contributed by atoms with Gasteiger partial charge < -0.3 is 10.1 Å². The van der Waals surface area contributed by atoms with Gasteiger partial charge in [0.2, 0.25) is 15.9 Å². The first-order valence-corrected chi connectivity index (χ1v) is 9.37. The number of nitrogens with zero attached hydrogens (tertiary/aromatic N) is 1. The van der Waals surface area contributed by atoms with Crippen molar-refractivity contribution < 1.29 is 17.9 Å². The van der Waals surface area contributed by atoms with E-state index in [1.54, 1.807) is 24.3 Å². The third kappa shape index (κ3) is 3.73. The van der Waals surface area contributed by atoms with Gasteiger partial charge in [-0.1, -0.05) is 19.1 Å². The SMILES string of the molecule is CC1CC1C(=O)NCc1ccc(S(=O)(=O)N2CCOCC2)cc1. The number of rotatable bonds is 5. The fraction of sp³-hybridized carbons (Fsp3) is 0.562. The first kappa shape index (κ1) is 16.4. The third-order valence-electron chi connectivity index (χ3n) is 4.44. The van der Waals surface area contributed by atoms with E-state index >= 15 is 0 Å². The Morgan fingerprint density at radius 3 is 2.43 bits per heavy atom. The number of nitrogens with one attached hydrogen (secondary N) is 1. The predicted octanol–water partition coefficient (Wildman–Crippen LogP) is 0.980. The number of sulfonamides is 1. The van der Waals surface area contributed by atoms with E-state index < -0.39 is 10.0 Å². The van der Waals surface area contributed by atoms with Crippen LogP contribution in [0.3, 0.4) is 0 Å². The van der Waals surface area contributed by atoms with Gasteiger partial charge in [-0.25, -0.2) is 8.42 Å². The number of amides is 1. The molecular weight excluding hydrogens is 316 g/mol. The van der Waals surface area contributed by atoms with Crippen LogP contribution in [-0.4, -0.2) is 44.9 Å². The van der Waals surface area contributed by atoms with Crippen molar-refractivity contribution in [1.29, 1.82) is 0 Å². The molecule has 2 unspecified atom stereocenters. The number of morpholine rings is 1. The molecule has 6 nitrogen and oxygen atoms in total. The first-order chi connectivity index (χ1) is 11.0. The van der Waals surface area contributed by atoms with Gasteiger partial charge in [-0.05, 0) is 30.0 Å². The molecular formula is C16H22N2O4S. The molecule has 0 spiro atoms. The molecule has 2 atom stereocenters. The van der Waals surface area contributed by atoms with Crippen LogP contribution in [0.15, 0.2) is 29.2 Å². The molecule has 1 aliphatic carbocycles. The van der Waals surface area contributed by atoms with E-state index in [1.165, 1.54) is 4.31 Å². The zero-order valence-electron chi connectivity index (χ0n) is 13.2. The molecule has 23 heavy (non-hydrogen) atoms. The highest BCUT2D eigenvalue weighted by molar-refractivity contribution is 7.89. The van der Waals surface area contributed by atoms with Gasteiger partial charge in [0.05, 0.1) is 18.1 Å². The van der Waals surface area contributed by atoms with Crippen LogP contribution in [-0.2, 0) is 26.1 Å². The molecule has 1 aromatic rings. The summed E-state index contributed by atoms with van der Waals surface area (Å²) in [5.74, 6) is 0.717. The molecule has 0 radical (unpaired) electrons. The fourth-order valence-corrected chi connectivity index (χ4v) is 4.13. The fourth-order valence-electron chi connectivity index (χ4n) is 2.72. The van der Waals surface area contributed by atoms with Crippen molar-refractivity contribution >= 4 is 15.9 Å². The summed E-state index contributed by atoms with van der Waals surface area (Å²) in [6.07, 6.45) is 0.961. The second kappa shape index (κ2) is 6.59. The number of ether oxygens (including phenoxy) is 1. The van der Waals surface area contributed by atoms with Crippen molar-refractivity contribution in [2.45, 2.75) is 24.8 Å². The van der Waals surface area contributed by atoms with Gasteiger partial charge in [0.1, 0.15) is 0 Å². The minimum absolute atomic E-state index is 0.0857. The van der Waals surface area contributed by atoms with Crippen LogP contribution in [0.4, 0.5) is 0 Å². The van der Waals surface area contributed by atoms with Gasteiger partial charge in [0.25, 0.3) is 0 Å². The number of hydrogen-bond donors (Lipinski definition) is 1. The number of benzene rings is 1. The van der Waals surface area contributed by atoms with E-state index in [9.17, 15) is 13.2 Å². The van der Waals surface area contributed by atoms with Crippen LogP contribution >= 0.6 is 0 Å². The molecule has 7 heteroatoms. The third-order valence-corrected chi connectivity index (χ3v) is 6.36. The van der Waals surface area contributed by atoms with E-state index in [2.05, 4.69) is 12.2 Å². The Hall–Kier alpha value is -1.44. The quantitative estimate of drug-likeness (QED) is 0.868. The molecule has 3 rings (SSSR count). The summed E-state index contributed by atoms with van der Waals surface area (Å²) in [5, 5.41) is 2.90. The molecule has 1 aromatic carbocycles. The molecule has 126 valence electrons. The van der Waals surface area contributed by atoms with Gasteiger partial charge in [0, 0.05) is 25.6 Å². The summed E-state index contributed by atoms with van der Waals surface area (Å²) >= 11 is 0. The molecule has 0 aromatic heterocycles. The van der Waals surface area contributed by atoms with Crippen LogP contribution < -0.4 is 5.32 Å². The van der Waals surface area contributed by atoms with Crippen LogP contribution in [0.2, 0.25) is 0 Å². The Morgan fingerprint density at radius 2 is 1.87 bits per heavy atom. The van der Waals surface area contributed by atoms with Crippen molar-refractivity contribution in [3.05, 3.63) is 29.8 Å². The zero-order valence-corrected chi connectivity index (χ0v) is 14.0. The van der Waals surface area contributed by atoms with Gasteiger partial charge in [-0.2, -0.15) is 4.31 Å². The predicted molar refractivity (Wildman–Crippen MR) is 85.1 cm³/mol. The van der Waals surface area contributed by atoms with Gasteiger partial charge >= 0.3 is 0 Å². The van der Waals surface area contributed by atoms with Crippen molar-refractivity contribution in [3.8, 4) is 0 Å². The number of carbonyl (C=O) groups excluding carboxylic acids is 1. The Bertz CT molecular complexity index is 666. The Balaban J connectivity index is 1.61. The highest BCUT2D eigenvalue weighted by Crippen LogP contribution is 2.37. The number of hydrogen-bond acceptors (Lipinski definition) is 4. The van der Waals surface area contributed by atoms with E-state index in [-0.39, 0.29) is 16.7 Å². The minimum atomic E-state index is -3.45. The maximum atomic E-state index is 12.5. The van der Waals surface area contributed by atoms with Gasteiger partial charge in [-0.3, -0.25) is 4.79 Å². The normalized spacial score (nSPS) is 25.1. The molecule has 1 saturated carbocycles. The molecule has 1 N–H and O–H groups in total. The van der Waals surface area contributed by atoms with E-state index in [1.807, 2.05) is 0 Å². The van der Waals surface area contributed by atoms with Crippen LogP contribution in [0.1, 0.15) is 18.9 Å². The maximum Gasteiger partial charge on any atom is 0.243 e. The van der Waals surface area contributed by atoms with Crippen LogP contribution in [0.25, 0.3) is 0 Å². The second-order valence-corrected chi connectivity index (χ2v) is 8.14. The highest BCUT2D eigenvalue weighted by Gasteiger charge is 2.38. The average Bonchev–Trinajstić information content (AvgIpc) is 3.31. The lowest BCUT2D eigenvalue weighted by molar-refractivity contribution is -0.122. The monoisotopic (exact) mass is 338 g/mol. The molecule has 1 amide bonds. The molecule has 2 fully saturated rings. The van der Waals surface area contributed by atoms with Crippen LogP contribution in [0.5, 0.6) is 0 Å². The molecule has 1 saturated heterocycles. The summed E-state index contributed by atoms with van der Waals surface area (Å²) < 4.78 is 31.6. The average molecular weight is 338 g/mol. The molecule has 1 aliphatic heterocycles. The Labute approximate surface area is 136 Å². The standard InChI is InChI=1S/C16H22N2O4S/c1-12-10-15(12)16(19)17-11-13-2-4-14(5-3-13)23(20,21)18-6-8-22-9-7-18/h2-5,12,15H,6-11H2,1H3,(H,17,19). The molecule has 1 heterocycles. The van der Waals surface area contributed by atoms with Crippen molar-refractivity contribution in [1.82, 2.24) is 9.62 Å². The molecule has 2 aliphatic rings. The van der Waals surface area contributed by atoms with Crippen molar-refractivity contribution in [2.24, 2.45) is 11.8 Å². The lowest BCUT2D eigenvalue weighted by atomic mass is 10.2. The minimum Gasteiger partial charge on any atom is -0.379 e. The van der Waals surface area contributed by atoms with Crippen molar-refractivity contribution in [3.63, 3.8) is 0 Å². The lowest BCUT2D eigenvalue weighted by Gasteiger charge is -2.26. The van der Waals surface area contributed by atoms with Gasteiger partial charge in [-0.15, -0.1) is 0 Å². The van der Waals surface area contributed by atoms with Gasteiger partial charge in [0.15, 0.2) is 0 Å². The molecule has 0 bridgehead atoms. The Morgan fingerprint density at radius 1 is 1.26 bits per heavy atom. The summed E-state index contributed by atoms with van der Waals surface area (Å²) in [5.41, 5.74) is 0.896. The number of carbonyl (C=O) groups is 1. The lowest BCUT2D eigenvalue weighted by Crippen LogP contribution is -2.40. The van der Waals surface area contributed by atoms with E-state index in [0.29, 0.717) is 38.8 Å². The van der Waals surface area contributed by atoms with E-state index in [0.717, 1.165) is 12.0 Å². The van der Waals surface area contributed by atoms with E-state index in [4.69, 9.17) is 4.74 Å².